The highest BCUT2D eigenvalue weighted by Gasteiger charge is 2.29. The van der Waals surface area contributed by atoms with Crippen LogP contribution in [0.25, 0.3) is 11.3 Å². The van der Waals surface area contributed by atoms with Crippen molar-refractivity contribution in [1.29, 1.82) is 0 Å². The van der Waals surface area contributed by atoms with E-state index in [4.69, 9.17) is 4.74 Å². The maximum Gasteiger partial charge on any atom is 0.442 e. The summed E-state index contributed by atoms with van der Waals surface area (Å²) in [6, 6.07) is 8.71. The number of hydrogen-bond donors (Lipinski definition) is 1. The number of methoxy groups -OCH3 is 1. The van der Waals surface area contributed by atoms with Gasteiger partial charge in [0.25, 0.3) is 0 Å². The summed E-state index contributed by atoms with van der Waals surface area (Å²) >= 11 is -0.420. The van der Waals surface area contributed by atoms with Gasteiger partial charge in [-0.15, -0.1) is 0 Å². The summed E-state index contributed by atoms with van der Waals surface area (Å²) in [6.45, 7) is 0. The molecule has 122 valence electrons. The molecule has 1 heterocycles. The minimum Gasteiger partial charge on any atom is -0.496 e. The smallest absolute Gasteiger partial charge is 0.442 e. The molecule has 0 saturated heterocycles. The number of thioether (sulfide) groups is 1. The van der Waals surface area contributed by atoms with Crippen LogP contribution in [0.2, 0.25) is 0 Å². The fraction of sp³-hybridized carbons (Fsp3) is 0.214. The van der Waals surface area contributed by atoms with Crippen LogP contribution in [0.1, 0.15) is 0 Å². The van der Waals surface area contributed by atoms with Crippen LogP contribution in [-0.4, -0.2) is 34.2 Å². The number of anilines is 1. The first-order valence-electron chi connectivity index (χ1n) is 6.36. The minimum absolute atomic E-state index is 0.0684. The Bertz CT molecular complexity index is 695. The molecule has 0 unspecified atom stereocenters. The van der Waals surface area contributed by atoms with E-state index in [1.54, 1.807) is 30.3 Å². The summed E-state index contributed by atoms with van der Waals surface area (Å²) in [5.41, 5.74) is -3.30. The Morgan fingerprint density at radius 3 is 2.74 bits per heavy atom. The number of hydrogen-bond acceptors (Lipinski definition) is 5. The van der Waals surface area contributed by atoms with Gasteiger partial charge >= 0.3 is 5.51 Å². The second kappa shape index (κ2) is 7.32. The molecule has 23 heavy (non-hydrogen) atoms. The van der Waals surface area contributed by atoms with Crippen molar-refractivity contribution in [2.24, 2.45) is 0 Å². The summed E-state index contributed by atoms with van der Waals surface area (Å²) in [5.74, 6) is -1.08. The van der Waals surface area contributed by atoms with E-state index in [-0.39, 0.29) is 5.95 Å². The maximum absolute atomic E-state index is 12.1. The first-order valence-corrected chi connectivity index (χ1v) is 7.34. The van der Waals surface area contributed by atoms with Gasteiger partial charge in [-0.1, -0.05) is 12.1 Å². The Morgan fingerprint density at radius 1 is 1.30 bits per heavy atom. The number of amides is 1. The first-order chi connectivity index (χ1) is 10.9. The molecular formula is C14H12F3N3O2S. The Morgan fingerprint density at radius 2 is 2.04 bits per heavy atom. The van der Waals surface area contributed by atoms with Crippen LogP contribution < -0.4 is 10.1 Å². The minimum atomic E-state index is -4.46. The fourth-order valence-corrected chi connectivity index (χ4v) is 2.10. The van der Waals surface area contributed by atoms with Crippen molar-refractivity contribution in [3.8, 4) is 17.0 Å². The number of nitrogens with zero attached hydrogens (tertiary/aromatic N) is 2. The highest BCUT2D eigenvalue weighted by Crippen LogP contribution is 2.30. The van der Waals surface area contributed by atoms with E-state index in [9.17, 15) is 18.0 Å². The van der Waals surface area contributed by atoms with E-state index in [0.717, 1.165) is 0 Å². The molecule has 9 heteroatoms. The van der Waals surface area contributed by atoms with Gasteiger partial charge in [0.1, 0.15) is 5.75 Å². The molecule has 1 aromatic heterocycles. The third-order valence-electron chi connectivity index (χ3n) is 2.66. The number of rotatable bonds is 5. The van der Waals surface area contributed by atoms with Crippen LogP contribution in [0.3, 0.4) is 0 Å². The van der Waals surface area contributed by atoms with Crippen LogP contribution in [0.5, 0.6) is 5.75 Å². The third-order valence-corrected chi connectivity index (χ3v) is 3.39. The zero-order valence-electron chi connectivity index (χ0n) is 11.9. The molecule has 0 fully saturated rings. The molecule has 0 saturated carbocycles. The lowest BCUT2D eigenvalue weighted by Crippen LogP contribution is -2.18. The normalized spacial score (nSPS) is 11.1. The van der Waals surface area contributed by atoms with Gasteiger partial charge < -0.3 is 4.74 Å². The van der Waals surface area contributed by atoms with Crippen molar-refractivity contribution in [3.63, 3.8) is 0 Å². The average molecular weight is 343 g/mol. The Kier molecular flexibility index (Phi) is 5.43. The number of carbonyl (C=O) groups excluding carboxylic acids is 1. The largest absolute Gasteiger partial charge is 0.496 e. The summed E-state index contributed by atoms with van der Waals surface area (Å²) in [4.78, 5) is 19.4. The fourth-order valence-electron chi connectivity index (χ4n) is 1.73. The first kappa shape index (κ1) is 17.1. The van der Waals surface area contributed by atoms with E-state index in [0.29, 0.717) is 17.0 Å². The van der Waals surface area contributed by atoms with E-state index in [1.165, 1.54) is 13.3 Å². The molecule has 5 nitrogen and oxygen atoms in total. The Labute approximate surface area is 134 Å². The topological polar surface area (TPSA) is 64.1 Å². The van der Waals surface area contributed by atoms with Gasteiger partial charge in [0.05, 0.1) is 18.6 Å². The summed E-state index contributed by atoms with van der Waals surface area (Å²) in [6.07, 6.45) is 1.40. The second-order valence-electron chi connectivity index (χ2n) is 4.25. The Hall–Kier alpha value is -2.29. The van der Waals surface area contributed by atoms with Crippen molar-refractivity contribution in [3.05, 3.63) is 36.5 Å². The molecule has 0 aliphatic rings. The zero-order valence-corrected chi connectivity index (χ0v) is 12.7. The quantitative estimate of drug-likeness (QED) is 0.902. The predicted molar refractivity (Wildman–Crippen MR) is 81.2 cm³/mol. The van der Waals surface area contributed by atoms with Gasteiger partial charge in [0.2, 0.25) is 11.9 Å². The van der Waals surface area contributed by atoms with Crippen LogP contribution in [0.4, 0.5) is 19.1 Å². The van der Waals surface area contributed by atoms with Gasteiger partial charge in [0, 0.05) is 11.8 Å². The highest BCUT2D eigenvalue weighted by molar-refractivity contribution is 8.00. The number of benzene rings is 1. The lowest BCUT2D eigenvalue weighted by molar-refractivity contribution is -0.114. The summed E-state index contributed by atoms with van der Waals surface area (Å²) in [7, 11) is 1.51. The van der Waals surface area contributed by atoms with Crippen molar-refractivity contribution in [2.75, 3.05) is 18.2 Å². The average Bonchev–Trinajstić information content (AvgIpc) is 2.52. The number of halogens is 3. The monoisotopic (exact) mass is 343 g/mol. The van der Waals surface area contributed by atoms with Gasteiger partial charge in [-0.2, -0.15) is 13.2 Å². The molecular weight excluding hydrogens is 331 g/mol. The number of carbonyl (C=O) groups is 1. The lowest BCUT2D eigenvalue weighted by atomic mass is 10.1. The molecule has 2 aromatic rings. The lowest BCUT2D eigenvalue weighted by Gasteiger charge is -2.09. The van der Waals surface area contributed by atoms with Crippen LogP contribution in [0, 0.1) is 0 Å². The molecule has 1 amide bonds. The van der Waals surface area contributed by atoms with E-state index in [1.807, 2.05) is 0 Å². The molecule has 0 aliphatic carbocycles. The molecule has 0 bridgehead atoms. The summed E-state index contributed by atoms with van der Waals surface area (Å²) in [5, 5.41) is 2.24. The Balaban J connectivity index is 2.12. The number of para-hydroxylation sites is 1. The van der Waals surface area contributed by atoms with Crippen molar-refractivity contribution < 1.29 is 22.7 Å². The molecule has 0 spiro atoms. The molecule has 0 atom stereocenters. The number of ether oxygens (including phenoxy) is 1. The van der Waals surface area contributed by atoms with Crippen LogP contribution in [-0.2, 0) is 4.79 Å². The maximum atomic E-state index is 12.1. The van der Waals surface area contributed by atoms with Crippen molar-refractivity contribution >= 4 is 23.6 Å². The van der Waals surface area contributed by atoms with Crippen LogP contribution in [0.15, 0.2) is 36.5 Å². The second-order valence-corrected chi connectivity index (χ2v) is 5.29. The van der Waals surface area contributed by atoms with E-state index < -0.39 is 28.9 Å². The molecule has 0 radical (unpaired) electrons. The highest BCUT2D eigenvalue weighted by atomic mass is 32.2. The number of nitrogens with one attached hydrogen (secondary N) is 1. The molecule has 1 N–H and O–H groups in total. The molecule has 2 rings (SSSR count). The standard InChI is InChI=1S/C14H12F3N3O2S/c1-22-11-5-3-2-4-9(11)10-6-7-18-13(19-10)20-12(21)8-23-14(15,16)17/h2-7H,8H2,1H3,(H,18,19,20,21). The predicted octanol–water partition coefficient (Wildman–Crippen LogP) is 3.34. The summed E-state index contributed by atoms with van der Waals surface area (Å²) < 4.78 is 41.4. The molecule has 0 aliphatic heterocycles. The van der Waals surface area contributed by atoms with Crippen LogP contribution >= 0.6 is 11.8 Å². The van der Waals surface area contributed by atoms with Gasteiger partial charge in [-0.3, -0.25) is 10.1 Å². The van der Waals surface area contributed by atoms with Gasteiger partial charge in [-0.05, 0) is 30.0 Å². The van der Waals surface area contributed by atoms with E-state index >= 15 is 0 Å². The molecule has 1 aromatic carbocycles. The number of alkyl halides is 3. The third kappa shape index (κ3) is 5.13. The zero-order chi connectivity index (χ0) is 16.9. The van der Waals surface area contributed by atoms with E-state index in [2.05, 4.69) is 15.3 Å². The van der Waals surface area contributed by atoms with Gasteiger partial charge in [-0.25, -0.2) is 9.97 Å². The number of aromatic nitrogens is 2. The van der Waals surface area contributed by atoms with Gasteiger partial charge in [0.15, 0.2) is 0 Å². The van der Waals surface area contributed by atoms with Crippen molar-refractivity contribution in [1.82, 2.24) is 9.97 Å². The van der Waals surface area contributed by atoms with Crippen molar-refractivity contribution in [2.45, 2.75) is 5.51 Å². The SMILES string of the molecule is COc1ccccc1-c1ccnc(NC(=O)CSC(F)(F)F)n1.